The van der Waals surface area contributed by atoms with Gasteiger partial charge in [-0.2, -0.15) is 0 Å². The number of benzene rings is 3. The van der Waals surface area contributed by atoms with Crippen LogP contribution in [0.1, 0.15) is 15.9 Å². The van der Waals surface area contributed by atoms with E-state index in [9.17, 15) is 4.79 Å². The standard InChI is InChI=1S/C22H19NO5/c1-25-19-9-7-15(11-16(19)13-26-18-5-3-2-4-6-18)22(24)23-17-8-10-20-21(12-17)28-14-27-20/h2-12H,13-14H2,1H3,(H,23,24). The maximum absolute atomic E-state index is 12.7. The molecule has 0 fully saturated rings. The van der Waals surface area contributed by atoms with E-state index in [0.29, 0.717) is 35.1 Å². The van der Waals surface area contributed by atoms with E-state index in [-0.39, 0.29) is 12.7 Å². The molecule has 6 heteroatoms. The molecule has 3 aromatic carbocycles. The van der Waals surface area contributed by atoms with E-state index in [4.69, 9.17) is 18.9 Å². The van der Waals surface area contributed by atoms with Crippen LogP contribution < -0.4 is 24.3 Å². The van der Waals surface area contributed by atoms with Crippen molar-refractivity contribution in [1.29, 1.82) is 0 Å². The number of rotatable bonds is 6. The first-order valence-corrected chi connectivity index (χ1v) is 8.79. The minimum Gasteiger partial charge on any atom is -0.496 e. The van der Waals surface area contributed by atoms with Crippen molar-refractivity contribution in [3.05, 3.63) is 77.9 Å². The number of hydrogen-bond donors (Lipinski definition) is 1. The van der Waals surface area contributed by atoms with Gasteiger partial charge in [-0.25, -0.2) is 0 Å². The summed E-state index contributed by atoms with van der Waals surface area (Å²) in [7, 11) is 1.59. The molecular weight excluding hydrogens is 358 g/mol. The number of anilines is 1. The Morgan fingerprint density at radius 2 is 1.82 bits per heavy atom. The van der Waals surface area contributed by atoms with Crippen LogP contribution in [0, 0.1) is 0 Å². The van der Waals surface area contributed by atoms with Crippen molar-refractivity contribution >= 4 is 11.6 Å². The maximum atomic E-state index is 12.7. The molecule has 28 heavy (non-hydrogen) atoms. The monoisotopic (exact) mass is 377 g/mol. The Morgan fingerprint density at radius 3 is 2.64 bits per heavy atom. The average Bonchev–Trinajstić information content (AvgIpc) is 3.20. The van der Waals surface area contributed by atoms with Gasteiger partial charge in [0.05, 0.1) is 7.11 Å². The second kappa shape index (κ2) is 7.92. The van der Waals surface area contributed by atoms with Crippen molar-refractivity contribution in [1.82, 2.24) is 0 Å². The lowest BCUT2D eigenvalue weighted by atomic mass is 10.1. The van der Waals surface area contributed by atoms with Gasteiger partial charge in [0.25, 0.3) is 5.91 Å². The van der Waals surface area contributed by atoms with Gasteiger partial charge in [0.1, 0.15) is 18.1 Å². The second-order valence-corrected chi connectivity index (χ2v) is 6.15. The molecule has 0 saturated heterocycles. The van der Waals surface area contributed by atoms with E-state index >= 15 is 0 Å². The Hall–Kier alpha value is -3.67. The number of amides is 1. The molecule has 0 spiro atoms. The Labute approximate surface area is 162 Å². The lowest BCUT2D eigenvalue weighted by Gasteiger charge is -2.12. The summed E-state index contributed by atoms with van der Waals surface area (Å²) >= 11 is 0. The number of carbonyl (C=O) groups excluding carboxylic acids is 1. The number of para-hydroxylation sites is 1. The maximum Gasteiger partial charge on any atom is 0.255 e. The van der Waals surface area contributed by atoms with Gasteiger partial charge in [0.15, 0.2) is 11.5 Å². The van der Waals surface area contributed by atoms with Gasteiger partial charge in [-0.05, 0) is 42.5 Å². The van der Waals surface area contributed by atoms with Crippen molar-refractivity contribution in [3.8, 4) is 23.0 Å². The lowest BCUT2D eigenvalue weighted by molar-refractivity contribution is 0.102. The first-order valence-electron chi connectivity index (χ1n) is 8.79. The van der Waals surface area contributed by atoms with Gasteiger partial charge in [-0.3, -0.25) is 4.79 Å². The molecule has 0 atom stereocenters. The largest absolute Gasteiger partial charge is 0.496 e. The number of ether oxygens (including phenoxy) is 4. The molecule has 4 rings (SSSR count). The van der Waals surface area contributed by atoms with Gasteiger partial charge in [-0.1, -0.05) is 18.2 Å². The van der Waals surface area contributed by atoms with Gasteiger partial charge >= 0.3 is 0 Å². The summed E-state index contributed by atoms with van der Waals surface area (Å²) in [5.74, 6) is 2.46. The van der Waals surface area contributed by atoms with Crippen LogP contribution in [0.2, 0.25) is 0 Å². The summed E-state index contributed by atoms with van der Waals surface area (Å²) in [5, 5.41) is 2.87. The predicted molar refractivity (Wildman–Crippen MR) is 104 cm³/mol. The van der Waals surface area contributed by atoms with Crippen LogP contribution in [-0.2, 0) is 6.61 Å². The van der Waals surface area contributed by atoms with Crippen LogP contribution in [0.15, 0.2) is 66.7 Å². The zero-order chi connectivity index (χ0) is 19.3. The van der Waals surface area contributed by atoms with Crippen molar-refractivity contribution in [2.75, 3.05) is 19.2 Å². The Balaban J connectivity index is 1.50. The average molecular weight is 377 g/mol. The van der Waals surface area contributed by atoms with Crippen molar-refractivity contribution in [3.63, 3.8) is 0 Å². The second-order valence-electron chi connectivity index (χ2n) is 6.15. The fraction of sp³-hybridized carbons (Fsp3) is 0.136. The van der Waals surface area contributed by atoms with Crippen LogP contribution in [0.3, 0.4) is 0 Å². The number of hydrogen-bond acceptors (Lipinski definition) is 5. The highest BCUT2D eigenvalue weighted by Crippen LogP contribution is 2.34. The number of nitrogens with one attached hydrogen (secondary N) is 1. The molecule has 6 nitrogen and oxygen atoms in total. The van der Waals surface area contributed by atoms with Crippen molar-refractivity contribution in [2.24, 2.45) is 0 Å². The quantitative estimate of drug-likeness (QED) is 0.695. The number of carbonyl (C=O) groups is 1. The Bertz CT molecular complexity index is 987. The van der Waals surface area contributed by atoms with Crippen LogP contribution in [0.4, 0.5) is 5.69 Å². The minimum atomic E-state index is -0.234. The summed E-state index contributed by atoms with van der Waals surface area (Å²) in [4.78, 5) is 12.7. The first-order chi connectivity index (χ1) is 13.7. The molecule has 0 radical (unpaired) electrons. The van der Waals surface area contributed by atoms with Crippen LogP contribution in [-0.4, -0.2) is 19.8 Å². The fourth-order valence-corrected chi connectivity index (χ4v) is 2.89. The molecule has 142 valence electrons. The van der Waals surface area contributed by atoms with E-state index < -0.39 is 0 Å². The normalized spacial score (nSPS) is 11.8. The molecule has 0 saturated carbocycles. The van der Waals surface area contributed by atoms with Gasteiger partial charge in [0.2, 0.25) is 6.79 Å². The molecular formula is C22H19NO5. The third kappa shape index (κ3) is 3.86. The first kappa shape index (κ1) is 17.7. The zero-order valence-corrected chi connectivity index (χ0v) is 15.3. The van der Waals surface area contributed by atoms with Crippen LogP contribution >= 0.6 is 0 Å². The van der Waals surface area contributed by atoms with Gasteiger partial charge in [0, 0.05) is 22.9 Å². The highest BCUT2D eigenvalue weighted by atomic mass is 16.7. The molecule has 1 heterocycles. The molecule has 0 aromatic heterocycles. The number of methoxy groups -OCH3 is 1. The predicted octanol–water partition coefficient (Wildman–Crippen LogP) is 4.26. The molecule has 3 aromatic rings. The van der Waals surface area contributed by atoms with E-state index in [1.54, 1.807) is 43.5 Å². The third-order valence-corrected chi connectivity index (χ3v) is 4.31. The Kier molecular flexibility index (Phi) is 5.01. The summed E-state index contributed by atoms with van der Waals surface area (Å²) in [6, 6.07) is 20.0. The van der Waals surface area contributed by atoms with E-state index in [1.807, 2.05) is 30.3 Å². The highest BCUT2D eigenvalue weighted by Gasteiger charge is 2.16. The van der Waals surface area contributed by atoms with Crippen molar-refractivity contribution < 1.29 is 23.7 Å². The molecule has 1 amide bonds. The van der Waals surface area contributed by atoms with E-state index in [0.717, 1.165) is 11.3 Å². The number of fused-ring (bicyclic) bond motifs is 1. The molecule has 0 bridgehead atoms. The molecule has 1 aliphatic rings. The molecule has 1 aliphatic heterocycles. The summed E-state index contributed by atoms with van der Waals surface area (Å²) < 4.78 is 21.8. The van der Waals surface area contributed by atoms with Crippen molar-refractivity contribution in [2.45, 2.75) is 6.61 Å². The Morgan fingerprint density at radius 1 is 1.00 bits per heavy atom. The van der Waals surface area contributed by atoms with Crippen LogP contribution in [0.5, 0.6) is 23.0 Å². The fourth-order valence-electron chi connectivity index (χ4n) is 2.89. The van der Waals surface area contributed by atoms with E-state index in [2.05, 4.69) is 5.32 Å². The smallest absolute Gasteiger partial charge is 0.255 e. The molecule has 0 unspecified atom stereocenters. The molecule has 1 N–H and O–H groups in total. The summed E-state index contributed by atoms with van der Waals surface area (Å²) in [5.41, 5.74) is 1.92. The van der Waals surface area contributed by atoms with Gasteiger partial charge in [-0.15, -0.1) is 0 Å². The molecule has 0 aliphatic carbocycles. The topological polar surface area (TPSA) is 66.0 Å². The highest BCUT2D eigenvalue weighted by molar-refractivity contribution is 6.04. The zero-order valence-electron chi connectivity index (χ0n) is 15.3. The summed E-state index contributed by atoms with van der Waals surface area (Å²) in [6.45, 7) is 0.480. The SMILES string of the molecule is COc1ccc(C(=O)Nc2ccc3c(c2)OCO3)cc1COc1ccccc1. The lowest BCUT2D eigenvalue weighted by Crippen LogP contribution is -2.12. The van der Waals surface area contributed by atoms with Crippen LogP contribution in [0.25, 0.3) is 0 Å². The van der Waals surface area contributed by atoms with E-state index in [1.165, 1.54) is 0 Å². The summed E-state index contributed by atoms with van der Waals surface area (Å²) in [6.07, 6.45) is 0. The minimum absolute atomic E-state index is 0.190. The third-order valence-electron chi connectivity index (χ3n) is 4.31. The van der Waals surface area contributed by atoms with Gasteiger partial charge < -0.3 is 24.3 Å².